The maximum Gasteiger partial charge on any atom is 0.293 e. The molecule has 0 aromatic rings. The zero-order valence-electron chi connectivity index (χ0n) is 26.5. The average molecular weight is 530 g/mol. The SMILES string of the molecule is CCCCC.CCCCCC(CCCC)OC=O.CCCCCCCCN(CCO)CCCCCCC. The minimum atomic E-state index is 0.170. The number of aliphatic hydroxyl groups is 1. The van der Waals surface area contributed by atoms with Crippen molar-refractivity contribution in [1.29, 1.82) is 0 Å². The van der Waals surface area contributed by atoms with E-state index in [-0.39, 0.29) is 6.10 Å². The second-order valence-electron chi connectivity index (χ2n) is 10.6. The summed E-state index contributed by atoms with van der Waals surface area (Å²) in [6.07, 6.45) is 27.2. The molecule has 0 saturated carbocycles. The molecular weight excluding hydrogens is 458 g/mol. The van der Waals surface area contributed by atoms with Crippen molar-refractivity contribution in [3.05, 3.63) is 0 Å². The third kappa shape index (κ3) is 40.0. The molecule has 0 aliphatic carbocycles. The third-order valence-electron chi connectivity index (χ3n) is 6.79. The van der Waals surface area contributed by atoms with Gasteiger partial charge in [0, 0.05) is 6.54 Å². The highest BCUT2D eigenvalue weighted by atomic mass is 16.5. The van der Waals surface area contributed by atoms with Gasteiger partial charge < -0.3 is 14.7 Å². The molecule has 4 heteroatoms. The number of carbonyl (C=O) groups is 1. The second kappa shape index (κ2) is 39.9. The van der Waals surface area contributed by atoms with Crippen molar-refractivity contribution in [3.8, 4) is 0 Å². The summed E-state index contributed by atoms with van der Waals surface area (Å²) in [7, 11) is 0. The molecule has 0 aromatic heterocycles. The van der Waals surface area contributed by atoms with E-state index in [1.807, 2.05) is 0 Å². The van der Waals surface area contributed by atoms with Crippen molar-refractivity contribution in [1.82, 2.24) is 4.90 Å². The summed E-state index contributed by atoms with van der Waals surface area (Å²) in [5.41, 5.74) is 0. The molecule has 1 atom stereocenters. The summed E-state index contributed by atoms with van der Waals surface area (Å²) in [5, 5.41) is 9.11. The number of hydrogen-bond donors (Lipinski definition) is 1. The molecule has 1 N–H and O–H groups in total. The molecule has 0 aliphatic rings. The van der Waals surface area contributed by atoms with Gasteiger partial charge in [0.2, 0.25) is 0 Å². The Balaban J connectivity index is -0.000000552. The molecule has 0 rings (SSSR count). The molecule has 0 aromatic carbocycles. The van der Waals surface area contributed by atoms with E-state index in [4.69, 9.17) is 9.84 Å². The van der Waals surface area contributed by atoms with Crippen LogP contribution in [0.25, 0.3) is 0 Å². The third-order valence-corrected chi connectivity index (χ3v) is 6.79. The first kappa shape index (κ1) is 40.9. The Kier molecular flexibility index (Phi) is 44.1. The van der Waals surface area contributed by atoms with Gasteiger partial charge in [0.25, 0.3) is 6.47 Å². The van der Waals surface area contributed by atoms with Crippen LogP contribution < -0.4 is 0 Å². The molecule has 226 valence electrons. The fourth-order valence-corrected chi connectivity index (χ4v) is 4.30. The van der Waals surface area contributed by atoms with Crippen LogP contribution in [0, 0.1) is 0 Å². The molecule has 1 unspecified atom stereocenters. The first-order valence-corrected chi connectivity index (χ1v) is 16.5. The van der Waals surface area contributed by atoms with Gasteiger partial charge in [0.1, 0.15) is 6.10 Å². The lowest BCUT2D eigenvalue weighted by Gasteiger charge is -2.21. The predicted octanol–water partition coefficient (Wildman–Crippen LogP) is 10.1. The van der Waals surface area contributed by atoms with Gasteiger partial charge in [-0.05, 0) is 45.2 Å². The Morgan fingerprint density at radius 2 is 0.946 bits per heavy atom. The van der Waals surface area contributed by atoms with Crippen LogP contribution in [0.4, 0.5) is 0 Å². The van der Waals surface area contributed by atoms with E-state index in [0.29, 0.717) is 13.1 Å². The highest BCUT2D eigenvalue weighted by Crippen LogP contribution is 2.12. The molecule has 0 fully saturated rings. The molecule has 0 saturated heterocycles. The zero-order valence-corrected chi connectivity index (χ0v) is 26.5. The Morgan fingerprint density at radius 3 is 1.35 bits per heavy atom. The van der Waals surface area contributed by atoms with Crippen molar-refractivity contribution in [2.75, 3.05) is 26.2 Å². The van der Waals surface area contributed by atoms with Gasteiger partial charge in [-0.1, -0.05) is 144 Å². The van der Waals surface area contributed by atoms with Gasteiger partial charge >= 0.3 is 0 Å². The number of rotatable bonds is 26. The molecule has 0 amide bonds. The van der Waals surface area contributed by atoms with Gasteiger partial charge in [-0.25, -0.2) is 0 Å². The van der Waals surface area contributed by atoms with E-state index < -0.39 is 0 Å². The van der Waals surface area contributed by atoms with Crippen LogP contribution in [0.3, 0.4) is 0 Å². The Bertz CT molecular complexity index is 377. The fourth-order valence-electron chi connectivity index (χ4n) is 4.30. The summed E-state index contributed by atoms with van der Waals surface area (Å²) in [6, 6.07) is 0. The maximum atomic E-state index is 10.2. The maximum absolute atomic E-state index is 10.2. The summed E-state index contributed by atoms with van der Waals surface area (Å²) in [6.45, 7) is 17.4. The first-order valence-electron chi connectivity index (χ1n) is 16.5. The Morgan fingerprint density at radius 1 is 0.541 bits per heavy atom. The number of unbranched alkanes of at least 4 members (excludes halogenated alkanes) is 14. The Hall–Kier alpha value is -0.610. The quantitative estimate of drug-likeness (QED) is 0.0894. The molecule has 0 radical (unpaired) electrons. The van der Waals surface area contributed by atoms with Gasteiger partial charge in [0.05, 0.1) is 6.61 Å². The summed E-state index contributed by atoms with van der Waals surface area (Å²) >= 11 is 0. The van der Waals surface area contributed by atoms with E-state index in [2.05, 4.69) is 46.4 Å². The van der Waals surface area contributed by atoms with Crippen LogP contribution in [0.1, 0.15) is 176 Å². The molecule has 0 aliphatic heterocycles. The molecule has 37 heavy (non-hydrogen) atoms. The molecule has 0 spiro atoms. The van der Waals surface area contributed by atoms with Crippen LogP contribution in [0.15, 0.2) is 0 Å². The van der Waals surface area contributed by atoms with Crippen LogP contribution in [-0.2, 0) is 9.53 Å². The lowest BCUT2D eigenvalue weighted by Crippen LogP contribution is -2.29. The van der Waals surface area contributed by atoms with E-state index in [1.165, 1.54) is 129 Å². The lowest BCUT2D eigenvalue weighted by molar-refractivity contribution is -0.134. The highest BCUT2D eigenvalue weighted by molar-refractivity contribution is 5.37. The van der Waals surface area contributed by atoms with Crippen molar-refractivity contribution in [2.24, 2.45) is 0 Å². The number of nitrogens with zero attached hydrogens (tertiary/aromatic N) is 1. The van der Waals surface area contributed by atoms with Crippen molar-refractivity contribution < 1.29 is 14.6 Å². The molecule has 0 bridgehead atoms. The van der Waals surface area contributed by atoms with Crippen LogP contribution in [0.2, 0.25) is 0 Å². The number of hydrogen-bond acceptors (Lipinski definition) is 4. The smallest absolute Gasteiger partial charge is 0.293 e. The zero-order chi connectivity index (χ0) is 28.2. The van der Waals surface area contributed by atoms with Crippen molar-refractivity contribution >= 4 is 6.47 Å². The van der Waals surface area contributed by atoms with E-state index in [9.17, 15) is 4.79 Å². The van der Waals surface area contributed by atoms with Crippen molar-refractivity contribution in [3.63, 3.8) is 0 Å². The average Bonchev–Trinajstić information content (AvgIpc) is 2.90. The summed E-state index contributed by atoms with van der Waals surface area (Å²) < 4.78 is 5.01. The largest absolute Gasteiger partial charge is 0.465 e. The minimum absolute atomic E-state index is 0.170. The number of ether oxygens (including phenoxy) is 1. The lowest BCUT2D eigenvalue weighted by atomic mass is 10.1. The minimum Gasteiger partial charge on any atom is -0.465 e. The number of carbonyl (C=O) groups excluding carboxylic acids is 1. The summed E-state index contributed by atoms with van der Waals surface area (Å²) in [4.78, 5) is 12.6. The monoisotopic (exact) mass is 530 g/mol. The summed E-state index contributed by atoms with van der Waals surface area (Å²) in [5.74, 6) is 0. The van der Waals surface area contributed by atoms with Gasteiger partial charge in [-0.2, -0.15) is 0 Å². The van der Waals surface area contributed by atoms with Crippen LogP contribution in [-0.4, -0.2) is 48.8 Å². The highest BCUT2D eigenvalue weighted by Gasteiger charge is 2.07. The van der Waals surface area contributed by atoms with E-state index in [0.717, 1.165) is 25.8 Å². The molecule has 4 nitrogen and oxygen atoms in total. The van der Waals surface area contributed by atoms with E-state index >= 15 is 0 Å². The first-order chi connectivity index (χ1) is 18.1. The fraction of sp³-hybridized carbons (Fsp3) is 0.970. The van der Waals surface area contributed by atoms with E-state index in [1.54, 1.807) is 0 Å². The second-order valence-corrected chi connectivity index (χ2v) is 10.6. The normalized spacial score (nSPS) is 11.4. The van der Waals surface area contributed by atoms with Gasteiger partial charge in [-0.3, -0.25) is 4.79 Å². The standard InChI is InChI=1S/C17H37NO.C11H22O2.C5H12/c1-3-5-7-9-11-13-15-18(16-17-19)14-12-10-8-6-4-2;1-3-5-7-9-11(13-10-12)8-6-4-2;1-3-5-4-2/h19H,3-17H2,1-2H3;10-11H,3-9H2,1-2H3;3-5H2,1-2H3. The van der Waals surface area contributed by atoms with Gasteiger partial charge in [0.15, 0.2) is 0 Å². The van der Waals surface area contributed by atoms with Crippen LogP contribution in [0.5, 0.6) is 0 Å². The predicted molar refractivity (Wildman–Crippen MR) is 165 cm³/mol. The number of aliphatic hydroxyl groups excluding tert-OH is 1. The topological polar surface area (TPSA) is 49.8 Å². The van der Waals surface area contributed by atoms with Crippen LogP contribution >= 0.6 is 0 Å². The van der Waals surface area contributed by atoms with Gasteiger partial charge in [-0.15, -0.1) is 0 Å². The molecule has 0 heterocycles. The molecular formula is C33H71NO3. The Labute approximate surface area is 234 Å². The van der Waals surface area contributed by atoms with Crippen molar-refractivity contribution in [2.45, 2.75) is 182 Å².